The van der Waals surface area contributed by atoms with Crippen LogP contribution in [0.25, 0.3) is 6.08 Å². The van der Waals surface area contributed by atoms with Crippen LogP contribution in [-0.2, 0) is 21.5 Å². The maximum absolute atomic E-state index is 13.0. The van der Waals surface area contributed by atoms with Gasteiger partial charge < -0.3 is 8.92 Å². The summed E-state index contributed by atoms with van der Waals surface area (Å²) in [6, 6.07) is 15.8. The number of carbonyl (C=O) groups is 2. The molecule has 7 nitrogen and oxygen atoms in total. The Bertz CT molecular complexity index is 1480. The van der Waals surface area contributed by atoms with Crippen molar-refractivity contribution in [3.05, 3.63) is 92.3 Å². The standard InChI is InChI=1S/C26H21Cl2NO6S2/c1-3-34-23-13-17(9-12-22(23)35-37(32,33)18-10-7-16(2)8-11-18)14-24-25(30)29(26(31)36-24)15-19-20(27)5-4-6-21(19)28/h4-14H,3,15H2,1-2H3/b24-14-. The zero-order valence-corrected chi connectivity index (χ0v) is 22.9. The molecule has 1 aliphatic heterocycles. The highest BCUT2D eigenvalue weighted by atomic mass is 35.5. The molecule has 1 aliphatic rings. The fourth-order valence-corrected chi connectivity index (χ4v) is 5.75. The van der Waals surface area contributed by atoms with Gasteiger partial charge in [0.25, 0.3) is 11.1 Å². The second-order valence-electron chi connectivity index (χ2n) is 7.96. The Morgan fingerprint density at radius 3 is 2.30 bits per heavy atom. The summed E-state index contributed by atoms with van der Waals surface area (Å²) < 4.78 is 36.4. The molecule has 0 spiro atoms. The third kappa shape index (κ3) is 6.13. The van der Waals surface area contributed by atoms with Crippen LogP contribution in [0.5, 0.6) is 11.5 Å². The van der Waals surface area contributed by atoms with Crippen molar-refractivity contribution >= 4 is 62.3 Å². The Kier molecular flexibility index (Phi) is 8.18. The van der Waals surface area contributed by atoms with Gasteiger partial charge in [0.15, 0.2) is 11.5 Å². The molecule has 0 N–H and O–H groups in total. The van der Waals surface area contributed by atoms with Gasteiger partial charge >= 0.3 is 10.1 Å². The summed E-state index contributed by atoms with van der Waals surface area (Å²) in [6.07, 6.45) is 1.53. The van der Waals surface area contributed by atoms with Crippen LogP contribution in [0.2, 0.25) is 10.0 Å². The molecule has 1 saturated heterocycles. The summed E-state index contributed by atoms with van der Waals surface area (Å²) in [7, 11) is -4.09. The second-order valence-corrected chi connectivity index (χ2v) is 11.3. The van der Waals surface area contributed by atoms with E-state index in [4.69, 9.17) is 32.1 Å². The predicted molar refractivity (Wildman–Crippen MR) is 145 cm³/mol. The Labute approximate surface area is 229 Å². The van der Waals surface area contributed by atoms with E-state index in [1.807, 2.05) is 6.92 Å². The van der Waals surface area contributed by atoms with Crippen molar-refractivity contribution < 1.29 is 26.9 Å². The van der Waals surface area contributed by atoms with Crippen LogP contribution < -0.4 is 8.92 Å². The van der Waals surface area contributed by atoms with E-state index in [0.717, 1.165) is 22.2 Å². The maximum atomic E-state index is 13.0. The molecule has 1 heterocycles. The summed E-state index contributed by atoms with van der Waals surface area (Å²) in [5.41, 5.74) is 1.91. The van der Waals surface area contributed by atoms with Crippen molar-refractivity contribution in [1.29, 1.82) is 0 Å². The van der Waals surface area contributed by atoms with Crippen molar-refractivity contribution in [2.24, 2.45) is 0 Å². The largest absolute Gasteiger partial charge is 0.490 e. The Morgan fingerprint density at radius 2 is 1.65 bits per heavy atom. The predicted octanol–water partition coefficient (Wildman–Crippen LogP) is 6.70. The molecule has 11 heteroatoms. The lowest BCUT2D eigenvalue weighted by molar-refractivity contribution is -0.123. The van der Waals surface area contributed by atoms with Crippen LogP contribution in [-0.4, -0.2) is 31.1 Å². The van der Waals surface area contributed by atoms with Crippen molar-refractivity contribution in [2.75, 3.05) is 6.61 Å². The van der Waals surface area contributed by atoms with Gasteiger partial charge in [-0.1, -0.05) is 53.0 Å². The smallest absolute Gasteiger partial charge is 0.339 e. The summed E-state index contributed by atoms with van der Waals surface area (Å²) >= 11 is 13.2. The van der Waals surface area contributed by atoms with Crippen molar-refractivity contribution in [3.8, 4) is 11.5 Å². The van der Waals surface area contributed by atoms with E-state index in [2.05, 4.69) is 0 Å². The van der Waals surface area contributed by atoms with Gasteiger partial charge in [-0.3, -0.25) is 14.5 Å². The Hall–Kier alpha value is -2.98. The first kappa shape index (κ1) is 27.1. The van der Waals surface area contributed by atoms with Gasteiger partial charge in [-0.05, 0) is 73.6 Å². The van der Waals surface area contributed by atoms with E-state index >= 15 is 0 Å². The first-order chi connectivity index (χ1) is 17.6. The van der Waals surface area contributed by atoms with Crippen LogP contribution in [0.4, 0.5) is 4.79 Å². The summed E-state index contributed by atoms with van der Waals surface area (Å²) in [5.74, 6) is -0.318. The molecule has 0 aliphatic carbocycles. The normalized spacial score (nSPS) is 14.9. The minimum Gasteiger partial charge on any atom is -0.490 e. The zero-order chi connectivity index (χ0) is 26.7. The number of imide groups is 1. The molecular formula is C26H21Cl2NO6S2. The zero-order valence-electron chi connectivity index (χ0n) is 19.7. The molecule has 192 valence electrons. The minimum absolute atomic E-state index is 0.000964. The molecule has 37 heavy (non-hydrogen) atoms. The monoisotopic (exact) mass is 577 g/mol. The number of carbonyl (C=O) groups excluding carboxylic acids is 2. The average Bonchev–Trinajstić information content (AvgIpc) is 3.10. The van der Waals surface area contributed by atoms with Crippen LogP contribution in [0.1, 0.15) is 23.6 Å². The topological polar surface area (TPSA) is 90.0 Å². The van der Waals surface area contributed by atoms with Gasteiger partial charge in [0.1, 0.15) is 4.90 Å². The van der Waals surface area contributed by atoms with Crippen LogP contribution >= 0.6 is 35.0 Å². The summed E-state index contributed by atoms with van der Waals surface area (Å²) in [6.45, 7) is 3.79. The number of thioether (sulfide) groups is 1. The molecule has 0 unspecified atom stereocenters. The quantitative estimate of drug-likeness (QED) is 0.217. The molecule has 0 saturated carbocycles. The van der Waals surface area contributed by atoms with E-state index < -0.39 is 21.3 Å². The van der Waals surface area contributed by atoms with E-state index in [-0.39, 0.29) is 34.5 Å². The lowest BCUT2D eigenvalue weighted by atomic mass is 10.1. The SMILES string of the molecule is CCOc1cc(/C=C2\SC(=O)N(Cc3c(Cl)cccc3Cl)C2=O)ccc1OS(=O)(=O)c1ccc(C)cc1. The number of hydrogen-bond donors (Lipinski definition) is 0. The van der Waals surface area contributed by atoms with E-state index in [1.54, 1.807) is 49.4 Å². The molecule has 2 amide bonds. The molecule has 0 bridgehead atoms. The fourth-order valence-electron chi connectivity index (χ4n) is 3.45. The highest BCUT2D eigenvalue weighted by Gasteiger charge is 2.35. The number of ether oxygens (including phenoxy) is 1. The van der Waals surface area contributed by atoms with Gasteiger partial charge in [-0.2, -0.15) is 8.42 Å². The van der Waals surface area contributed by atoms with E-state index in [9.17, 15) is 18.0 Å². The number of benzene rings is 3. The Balaban J connectivity index is 1.58. The molecule has 4 rings (SSSR count). The van der Waals surface area contributed by atoms with E-state index in [1.165, 1.54) is 24.3 Å². The highest BCUT2D eigenvalue weighted by molar-refractivity contribution is 8.18. The van der Waals surface area contributed by atoms with E-state index in [0.29, 0.717) is 21.2 Å². The maximum Gasteiger partial charge on any atom is 0.339 e. The molecule has 3 aromatic rings. The summed E-state index contributed by atoms with van der Waals surface area (Å²) in [4.78, 5) is 26.8. The first-order valence-corrected chi connectivity index (χ1v) is 14.0. The van der Waals surface area contributed by atoms with Gasteiger partial charge in [-0.25, -0.2) is 0 Å². The van der Waals surface area contributed by atoms with Crippen molar-refractivity contribution in [1.82, 2.24) is 4.90 Å². The fraction of sp³-hybridized carbons (Fsp3) is 0.154. The summed E-state index contributed by atoms with van der Waals surface area (Å²) in [5, 5.41) is 0.252. The Morgan fingerprint density at radius 1 is 0.973 bits per heavy atom. The van der Waals surface area contributed by atoms with Crippen LogP contribution in [0.15, 0.2) is 70.5 Å². The van der Waals surface area contributed by atoms with Gasteiger partial charge in [0, 0.05) is 15.6 Å². The lowest BCUT2D eigenvalue weighted by Crippen LogP contribution is -2.27. The minimum atomic E-state index is -4.09. The number of aryl methyl sites for hydroxylation is 1. The average molecular weight is 578 g/mol. The first-order valence-electron chi connectivity index (χ1n) is 11.1. The van der Waals surface area contributed by atoms with Crippen molar-refractivity contribution in [3.63, 3.8) is 0 Å². The van der Waals surface area contributed by atoms with Gasteiger partial charge in [0.2, 0.25) is 0 Å². The second kappa shape index (κ2) is 11.2. The molecule has 3 aromatic carbocycles. The molecule has 0 radical (unpaired) electrons. The van der Waals surface area contributed by atoms with Crippen molar-refractivity contribution in [2.45, 2.75) is 25.3 Å². The third-order valence-electron chi connectivity index (χ3n) is 5.33. The molecule has 0 aromatic heterocycles. The number of nitrogens with zero attached hydrogens (tertiary/aromatic N) is 1. The number of hydrogen-bond acceptors (Lipinski definition) is 7. The third-order valence-corrected chi connectivity index (χ3v) is 8.19. The molecule has 1 fully saturated rings. The number of rotatable bonds is 8. The van der Waals surface area contributed by atoms with Crippen LogP contribution in [0, 0.1) is 6.92 Å². The van der Waals surface area contributed by atoms with Crippen LogP contribution in [0.3, 0.4) is 0 Å². The van der Waals surface area contributed by atoms with Gasteiger partial charge in [-0.15, -0.1) is 0 Å². The van der Waals surface area contributed by atoms with Gasteiger partial charge in [0.05, 0.1) is 18.1 Å². The number of amides is 2. The highest BCUT2D eigenvalue weighted by Crippen LogP contribution is 2.37. The molecule has 0 atom stereocenters. The molecular weight excluding hydrogens is 557 g/mol. The lowest BCUT2D eigenvalue weighted by Gasteiger charge is -2.14. The number of halogens is 2.